The monoisotopic (exact) mass is 440 g/mol. The number of anilines is 3. The summed E-state index contributed by atoms with van der Waals surface area (Å²) in [7, 11) is 1.70. The number of thiol groups is 1. The topological polar surface area (TPSA) is 78.7 Å². The second-order valence-corrected chi connectivity index (χ2v) is 7.09. The zero-order chi connectivity index (χ0) is 22.5. The van der Waals surface area contributed by atoms with Gasteiger partial charge in [0, 0.05) is 30.5 Å². The van der Waals surface area contributed by atoms with Gasteiger partial charge in [-0.1, -0.05) is 26.2 Å². The zero-order valence-electron chi connectivity index (χ0n) is 16.5. The van der Waals surface area contributed by atoms with Gasteiger partial charge in [-0.3, -0.25) is 4.79 Å². The van der Waals surface area contributed by atoms with Crippen LogP contribution in [0.3, 0.4) is 0 Å². The molecule has 0 spiro atoms. The number of halogens is 3. The Hall–Kier alpha value is -2.88. The first-order valence-electron chi connectivity index (χ1n) is 9.16. The van der Waals surface area contributed by atoms with Gasteiger partial charge in [0.05, 0.1) is 11.3 Å². The molecule has 0 aliphatic carbocycles. The van der Waals surface area contributed by atoms with Gasteiger partial charge in [0.2, 0.25) is 5.91 Å². The van der Waals surface area contributed by atoms with Crippen molar-refractivity contribution in [1.29, 1.82) is 0 Å². The van der Waals surface area contributed by atoms with E-state index in [-0.39, 0.29) is 11.3 Å². The van der Waals surface area contributed by atoms with Crippen LogP contribution in [0.5, 0.6) is 0 Å². The van der Waals surface area contributed by atoms with Gasteiger partial charge >= 0.3 is 12.2 Å². The van der Waals surface area contributed by atoms with Gasteiger partial charge in [0.1, 0.15) is 0 Å². The molecular formula is C20H23F3N4O2S. The molecule has 0 bridgehead atoms. The Morgan fingerprint density at radius 2 is 1.73 bits per heavy atom. The lowest BCUT2D eigenvalue weighted by atomic mass is 10.1. The van der Waals surface area contributed by atoms with Crippen molar-refractivity contribution in [2.24, 2.45) is 5.73 Å². The third kappa shape index (κ3) is 6.06. The first-order valence-corrected chi connectivity index (χ1v) is 9.56. The van der Waals surface area contributed by atoms with Crippen LogP contribution in [0.15, 0.2) is 42.5 Å². The fourth-order valence-corrected chi connectivity index (χ4v) is 2.84. The number of benzene rings is 2. The number of nitrogens with two attached hydrogens (primary N) is 1. The van der Waals surface area contributed by atoms with Crippen LogP contribution in [0.1, 0.15) is 35.7 Å². The molecule has 0 saturated carbocycles. The smallest absolute Gasteiger partial charge is 0.375 e. The molecular weight excluding hydrogens is 417 g/mol. The van der Waals surface area contributed by atoms with Crippen molar-refractivity contribution in [3.8, 4) is 0 Å². The molecule has 0 heterocycles. The number of nitrogens with one attached hydrogen (secondary N) is 1. The number of carbonyl (C=O) groups excluding carboxylic acids is 2. The highest BCUT2D eigenvalue weighted by molar-refractivity contribution is 7.82. The fourth-order valence-electron chi connectivity index (χ4n) is 2.65. The molecule has 2 aromatic carbocycles. The minimum absolute atomic E-state index is 0.0130. The zero-order valence-corrected chi connectivity index (χ0v) is 17.4. The van der Waals surface area contributed by atoms with Crippen LogP contribution in [-0.4, -0.2) is 25.5 Å². The van der Waals surface area contributed by atoms with Crippen molar-refractivity contribution in [1.82, 2.24) is 0 Å². The first-order chi connectivity index (χ1) is 14.0. The van der Waals surface area contributed by atoms with Crippen molar-refractivity contribution in [3.05, 3.63) is 53.6 Å². The second-order valence-electron chi connectivity index (χ2n) is 6.69. The summed E-state index contributed by atoms with van der Waals surface area (Å²) < 4.78 is 40.9. The normalized spacial score (nSPS) is 11.1. The minimum atomic E-state index is -4.56. The number of primary amides is 1. The van der Waals surface area contributed by atoms with E-state index in [0.29, 0.717) is 17.9 Å². The Labute approximate surface area is 178 Å². The van der Waals surface area contributed by atoms with Crippen molar-refractivity contribution >= 4 is 41.8 Å². The first kappa shape index (κ1) is 23.4. The number of rotatable bonds is 7. The summed E-state index contributed by atoms with van der Waals surface area (Å²) in [4.78, 5) is 25.3. The summed E-state index contributed by atoms with van der Waals surface area (Å²) in [6.07, 6.45) is -2.84. The largest absolute Gasteiger partial charge is 0.416 e. The Bertz CT molecular complexity index is 904. The molecule has 0 aliphatic heterocycles. The van der Waals surface area contributed by atoms with Crippen LogP contribution in [-0.2, 0) is 6.18 Å². The average Bonchev–Trinajstić information content (AvgIpc) is 2.70. The Morgan fingerprint density at radius 1 is 1.10 bits per heavy atom. The van der Waals surface area contributed by atoms with Gasteiger partial charge in [-0.25, -0.2) is 9.10 Å². The van der Waals surface area contributed by atoms with E-state index >= 15 is 0 Å². The van der Waals surface area contributed by atoms with E-state index in [1.165, 1.54) is 30.3 Å². The van der Waals surface area contributed by atoms with E-state index < -0.39 is 23.7 Å². The third-order valence-corrected chi connectivity index (χ3v) is 4.79. The highest BCUT2D eigenvalue weighted by Gasteiger charge is 2.32. The van der Waals surface area contributed by atoms with Gasteiger partial charge in [-0.2, -0.15) is 13.2 Å². The highest BCUT2D eigenvalue weighted by Crippen LogP contribution is 2.34. The summed E-state index contributed by atoms with van der Waals surface area (Å²) in [5, 5.41) is 2.43. The molecule has 2 rings (SSSR count). The molecule has 3 N–H and O–H groups in total. The van der Waals surface area contributed by atoms with Crippen LogP contribution in [0.4, 0.5) is 35.0 Å². The maximum absolute atomic E-state index is 13.3. The molecule has 0 saturated heterocycles. The molecule has 0 unspecified atom stereocenters. The average molecular weight is 440 g/mol. The van der Waals surface area contributed by atoms with E-state index in [1.807, 2.05) is 6.92 Å². The quantitative estimate of drug-likeness (QED) is 0.535. The second kappa shape index (κ2) is 9.75. The lowest BCUT2D eigenvalue weighted by molar-refractivity contribution is -0.137. The number of hydrogen-bond donors (Lipinski definition) is 3. The molecule has 30 heavy (non-hydrogen) atoms. The summed E-state index contributed by atoms with van der Waals surface area (Å²) in [5.41, 5.74) is 5.19. The van der Waals surface area contributed by atoms with Crippen LogP contribution in [0, 0.1) is 0 Å². The number of urea groups is 1. The lowest BCUT2D eigenvalue weighted by Crippen LogP contribution is -2.27. The molecule has 0 radical (unpaired) electrons. The highest BCUT2D eigenvalue weighted by atomic mass is 32.1. The van der Waals surface area contributed by atoms with Crippen molar-refractivity contribution in [2.45, 2.75) is 25.9 Å². The van der Waals surface area contributed by atoms with Gasteiger partial charge in [0.15, 0.2) is 0 Å². The summed E-state index contributed by atoms with van der Waals surface area (Å²) in [5.74, 6) is -0.625. The molecule has 10 heteroatoms. The molecule has 2 aromatic rings. The number of carbonyl (C=O) groups is 2. The fraction of sp³-hybridized carbons (Fsp3) is 0.300. The Kier molecular flexibility index (Phi) is 7.60. The standard InChI is InChI=1S/C20H23F3N4O2S/c1-3-4-9-26(2)17-11-14(20(21,22)23)10-15(12-17)25-19(29)27(30)16-7-5-13(6-8-16)18(24)28/h5-8,10-12,30H,3-4,9H2,1-2H3,(H2,24,28)(H,25,29). The molecule has 3 amide bonds. The van der Waals surface area contributed by atoms with E-state index in [4.69, 9.17) is 5.73 Å². The summed E-state index contributed by atoms with van der Waals surface area (Å²) in [6.45, 7) is 2.57. The molecule has 0 aliphatic rings. The summed E-state index contributed by atoms with van der Waals surface area (Å²) in [6, 6.07) is 8.36. The number of nitrogens with zero attached hydrogens (tertiary/aromatic N) is 2. The van der Waals surface area contributed by atoms with Gasteiger partial charge < -0.3 is 16.0 Å². The SMILES string of the molecule is CCCCN(C)c1cc(NC(=O)N(S)c2ccc(C(N)=O)cc2)cc(C(F)(F)F)c1. The van der Waals surface area contributed by atoms with Gasteiger partial charge in [0.25, 0.3) is 0 Å². The van der Waals surface area contributed by atoms with Gasteiger partial charge in [-0.05, 0) is 48.9 Å². The molecule has 0 fully saturated rings. The van der Waals surface area contributed by atoms with E-state index in [0.717, 1.165) is 29.3 Å². The van der Waals surface area contributed by atoms with Crippen molar-refractivity contribution in [3.63, 3.8) is 0 Å². The molecule has 0 atom stereocenters. The predicted molar refractivity (Wildman–Crippen MR) is 115 cm³/mol. The van der Waals surface area contributed by atoms with Crippen molar-refractivity contribution < 1.29 is 22.8 Å². The van der Waals surface area contributed by atoms with Crippen LogP contribution in [0.2, 0.25) is 0 Å². The molecule has 0 aromatic heterocycles. The number of hydrogen-bond acceptors (Lipinski definition) is 4. The number of unbranched alkanes of at least 4 members (excludes halogenated alkanes) is 1. The number of amides is 3. The minimum Gasteiger partial charge on any atom is -0.375 e. The number of alkyl halides is 3. The van der Waals surface area contributed by atoms with Crippen LogP contribution >= 0.6 is 12.8 Å². The van der Waals surface area contributed by atoms with Crippen LogP contribution < -0.4 is 20.3 Å². The Balaban J connectivity index is 2.26. The maximum atomic E-state index is 13.3. The summed E-state index contributed by atoms with van der Waals surface area (Å²) >= 11 is 4.10. The van der Waals surface area contributed by atoms with Crippen LogP contribution in [0.25, 0.3) is 0 Å². The van der Waals surface area contributed by atoms with E-state index in [1.54, 1.807) is 11.9 Å². The molecule has 162 valence electrons. The van der Waals surface area contributed by atoms with E-state index in [9.17, 15) is 22.8 Å². The predicted octanol–water partition coefficient (Wildman–Crippen LogP) is 4.92. The van der Waals surface area contributed by atoms with Crippen molar-refractivity contribution in [2.75, 3.05) is 28.1 Å². The maximum Gasteiger partial charge on any atom is 0.416 e. The molecule has 6 nitrogen and oxygen atoms in total. The lowest BCUT2D eigenvalue weighted by Gasteiger charge is -2.23. The van der Waals surface area contributed by atoms with Gasteiger partial charge in [-0.15, -0.1) is 0 Å². The third-order valence-electron chi connectivity index (χ3n) is 4.37. The Morgan fingerprint density at radius 3 is 2.27 bits per heavy atom. The van der Waals surface area contributed by atoms with E-state index in [2.05, 4.69) is 18.1 Å².